The molecule has 1 nitrogen and oxygen atoms in total. The predicted molar refractivity (Wildman–Crippen MR) is 60.4 cm³/mol. The van der Waals surface area contributed by atoms with E-state index in [1.165, 1.54) is 4.90 Å². The van der Waals surface area contributed by atoms with E-state index in [9.17, 15) is 0 Å². The topological polar surface area (TPSA) is 26.0 Å². The summed E-state index contributed by atoms with van der Waals surface area (Å²) in [6, 6.07) is 7.90. The molecule has 0 amide bonds. The summed E-state index contributed by atoms with van der Waals surface area (Å²) in [4.78, 5) is 1.25. The van der Waals surface area contributed by atoms with Crippen molar-refractivity contribution in [3.05, 3.63) is 29.3 Å². The first-order chi connectivity index (χ1) is 6.22. The first-order valence-corrected chi connectivity index (χ1v) is 5.67. The van der Waals surface area contributed by atoms with Crippen LogP contribution in [0.5, 0.6) is 0 Å². The van der Waals surface area contributed by atoms with Crippen LogP contribution in [-0.4, -0.2) is 12.3 Å². The van der Waals surface area contributed by atoms with Crippen molar-refractivity contribution in [1.29, 1.82) is 0 Å². The number of nitrogens with two attached hydrogens (primary N) is 1. The van der Waals surface area contributed by atoms with E-state index in [-0.39, 0.29) is 0 Å². The second-order valence-electron chi connectivity index (χ2n) is 3.11. The van der Waals surface area contributed by atoms with Crippen LogP contribution in [0.2, 0.25) is 5.02 Å². The van der Waals surface area contributed by atoms with Gasteiger partial charge in [0.2, 0.25) is 0 Å². The molecular weight excluding hydrogens is 202 g/mol. The lowest BCUT2D eigenvalue weighted by Gasteiger charge is -2.07. The predicted octanol–water partition coefficient (Wildman–Crippen LogP) is 3.03. The van der Waals surface area contributed by atoms with Gasteiger partial charge in [0.1, 0.15) is 0 Å². The van der Waals surface area contributed by atoms with Gasteiger partial charge in [-0.05, 0) is 36.7 Å². The van der Waals surface area contributed by atoms with Gasteiger partial charge in [0.05, 0.1) is 0 Å². The second-order valence-corrected chi connectivity index (χ2v) is 4.64. The molecule has 0 aliphatic rings. The molecule has 0 aromatic heterocycles. The van der Waals surface area contributed by atoms with E-state index >= 15 is 0 Å². The molecule has 0 aliphatic carbocycles. The van der Waals surface area contributed by atoms with Gasteiger partial charge in [-0.2, -0.15) is 0 Å². The summed E-state index contributed by atoms with van der Waals surface area (Å²) in [5.74, 6) is 1.64. The maximum atomic E-state index is 5.77. The summed E-state index contributed by atoms with van der Waals surface area (Å²) in [5, 5.41) is 0.788. The van der Waals surface area contributed by atoms with Gasteiger partial charge >= 0.3 is 0 Å². The lowest BCUT2D eigenvalue weighted by Crippen LogP contribution is -2.12. The Kier molecular flexibility index (Phi) is 4.64. The normalized spacial score (nSPS) is 12.8. The molecule has 0 spiro atoms. The van der Waals surface area contributed by atoms with Crippen LogP contribution in [0.15, 0.2) is 29.2 Å². The number of benzene rings is 1. The minimum Gasteiger partial charge on any atom is -0.330 e. The highest BCUT2D eigenvalue weighted by Crippen LogP contribution is 2.21. The van der Waals surface area contributed by atoms with E-state index in [4.69, 9.17) is 17.3 Å². The zero-order chi connectivity index (χ0) is 9.68. The molecule has 0 saturated heterocycles. The summed E-state index contributed by atoms with van der Waals surface area (Å²) in [7, 11) is 0. The summed E-state index contributed by atoms with van der Waals surface area (Å²) in [6.07, 6.45) is 0. The van der Waals surface area contributed by atoms with Crippen molar-refractivity contribution in [3.63, 3.8) is 0 Å². The Hall–Kier alpha value is -0.180. The number of hydrogen-bond donors (Lipinski definition) is 1. The van der Waals surface area contributed by atoms with Gasteiger partial charge < -0.3 is 5.73 Å². The van der Waals surface area contributed by atoms with Crippen molar-refractivity contribution in [3.8, 4) is 0 Å². The molecule has 0 unspecified atom stereocenters. The Labute approximate surface area is 88.7 Å². The molecule has 1 rings (SSSR count). The molecule has 0 heterocycles. The van der Waals surface area contributed by atoms with Crippen LogP contribution >= 0.6 is 23.4 Å². The summed E-state index contributed by atoms with van der Waals surface area (Å²) < 4.78 is 0. The molecule has 0 bridgehead atoms. The van der Waals surface area contributed by atoms with Crippen LogP contribution in [0.4, 0.5) is 0 Å². The summed E-state index contributed by atoms with van der Waals surface area (Å²) in [5.41, 5.74) is 5.53. The van der Waals surface area contributed by atoms with Crippen LogP contribution < -0.4 is 5.73 Å². The van der Waals surface area contributed by atoms with Gasteiger partial charge in [-0.3, -0.25) is 0 Å². The van der Waals surface area contributed by atoms with Gasteiger partial charge in [0, 0.05) is 15.7 Å². The maximum Gasteiger partial charge on any atom is 0.0406 e. The zero-order valence-corrected chi connectivity index (χ0v) is 9.24. The van der Waals surface area contributed by atoms with Crippen LogP contribution in [0.1, 0.15) is 6.92 Å². The van der Waals surface area contributed by atoms with Gasteiger partial charge in [-0.1, -0.05) is 18.5 Å². The summed E-state index contributed by atoms with van der Waals surface area (Å²) >= 11 is 7.60. The fourth-order valence-corrected chi connectivity index (χ4v) is 1.90. The van der Waals surface area contributed by atoms with Crippen LogP contribution in [-0.2, 0) is 0 Å². The van der Waals surface area contributed by atoms with Crippen molar-refractivity contribution in [2.45, 2.75) is 11.8 Å². The lowest BCUT2D eigenvalue weighted by atomic mass is 10.2. The highest BCUT2D eigenvalue weighted by molar-refractivity contribution is 7.99. The van der Waals surface area contributed by atoms with Crippen molar-refractivity contribution in [2.75, 3.05) is 12.3 Å². The standard InChI is InChI=1S/C10H14ClNS/c1-8(6-12)7-13-10-4-2-9(11)3-5-10/h2-5,8H,6-7,12H2,1H3/t8-/m1/s1. The Bertz CT molecular complexity index is 248. The molecule has 0 radical (unpaired) electrons. The van der Waals surface area contributed by atoms with E-state index in [0.717, 1.165) is 17.3 Å². The average molecular weight is 216 g/mol. The average Bonchev–Trinajstić information content (AvgIpc) is 2.16. The van der Waals surface area contributed by atoms with Crippen molar-refractivity contribution in [1.82, 2.24) is 0 Å². The van der Waals surface area contributed by atoms with Crippen molar-refractivity contribution >= 4 is 23.4 Å². The molecule has 0 aliphatic heterocycles. The summed E-state index contributed by atoms with van der Waals surface area (Å²) in [6.45, 7) is 2.91. The van der Waals surface area contributed by atoms with Gasteiger partial charge in [-0.15, -0.1) is 11.8 Å². The first-order valence-electron chi connectivity index (χ1n) is 4.31. The minimum absolute atomic E-state index is 0.570. The second kappa shape index (κ2) is 5.53. The number of halogens is 1. The van der Waals surface area contributed by atoms with Crippen molar-refractivity contribution < 1.29 is 0 Å². The Balaban J connectivity index is 2.41. The molecule has 13 heavy (non-hydrogen) atoms. The van der Waals surface area contributed by atoms with E-state index < -0.39 is 0 Å². The molecule has 0 fully saturated rings. The molecule has 0 saturated carbocycles. The van der Waals surface area contributed by atoms with Crippen LogP contribution in [0, 0.1) is 5.92 Å². The van der Waals surface area contributed by atoms with E-state index in [1.807, 2.05) is 36.0 Å². The third-order valence-electron chi connectivity index (χ3n) is 1.75. The van der Waals surface area contributed by atoms with E-state index in [0.29, 0.717) is 5.92 Å². The fraction of sp³-hybridized carbons (Fsp3) is 0.400. The number of rotatable bonds is 4. The van der Waals surface area contributed by atoms with Gasteiger partial charge in [-0.25, -0.2) is 0 Å². The smallest absolute Gasteiger partial charge is 0.0406 e. The molecule has 1 aromatic carbocycles. The molecular formula is C10H14ClNS. The number of thioether (sulfide) groups is 1. The first kappa shape index (κ1) is 10.9. The molecule has 2 N–H and O–H groups in total. The van der Waals surface area contributed by atoms with E-state index in [1.54, 1.807) is 0 Å². The van der Waals surface area contributed by atoms with E-state index in [2.05, 4.69) is 6.92 Å². The highest BCUT2D eigenvalue weighted by atomic mass is 35.5. The highest BCUT2D eigenvalue weighted by Gasteiger charge is 2.00. The third kappa shape index (κ3) is 4.03. The molecule has 72 valence electrons. The van der Waals surface area contributed by atoms with Gasteiger partial charge in [0.25, 0.3) is 0 Å². The molecule has 1 aromatic rings. The number of hydrogen-bond acceptors (Lipinski definition) is 2. The SMILES string of the molecule is C[C@H](CN)CSc1ccc(Cl)cc1. The molecule has 1 atom stereocenters. The Morgan fingerprint density at radius 1 is 1.38 bits per heavy atom. The quantitative estimate of drug-likeness (QED) is 0.782. The molecule has 3 heteroatoms. The van der Waals surface area contributed by atoms with Crippen molar-refractivity contribution in [2.24, 2.45) is 11.7 Å². The monoisotopic (exact) mass is 215 g/mol. The third-order valence-corrected chi connectivity index (χ3v) is 3.34. The fourth-order valence-electron chi connectivity index (χ4n) is 0.837. The van der Waals surface area contributed by atoms with Crippen LogP contribution in [0.25, 0.3) is 0 Å². The van der Waals surface area contributed by atoms with Crippen LogP contribution in [0.3, 0.4) is 0 Å². The minimum atomic E-state index is 0.570. The Morgan fingerprint density at radius 2 is 2.00 bits per heavy atom. The lowest BCUT2D eigenvalue weighted by molar-refractivity contribution is 0.675. The Morgan fingerprint density at radius 3 is 2.54 bits per heavy atom. The largest absolute Gasteiger partial charge is 0.330 e. The van der Waals surface area contributed by atoms with Gasteiger partial charge in [0.15, 0.2) is 0 Å². The zero-order valence-electron chi connectivity index (χ0n) is 7.66. The maximum absolute atomic E-state index is 5.77.